The van der Waals surface area contributed by atoms with Crippen molar-refractivity contribution in [1.29, 1.82) is 0 Å². The largest absolute Gasteiger partial charge is 0.418 e. The smallest absolute Gasteiger partial charge is 0.336 e. The molecule has 0 spiro atoms. The Balaban J connectivity index is 2.06. The molecule has 0 radical (unpaired) electrons. The van der Waals surface area contributed by atoms with Crippen LogP contribution in [0.3, 0.4) is 0 Å². The van der Waals surface area contributed by atoms with Crippen molar-refractivity contribution in [3.05, 3.63) is 57.5 Å². The summed E-state index contributed by atoms with van der Waals surface area (Å²) in [6, 6.07) is 6.19. The maximum atomic E-state index is 13.4. The van der Waals surface area contributed by atoms with Crippen molar-refractivity contribution in [2.24, 2.45) is 0 Å². The minimum absolute atomic E-state index is 0.108. The molecule has 150 valence electrons. The van der Waals surface area contributed by atoms with E-state index in [0.717, 1.165) is 29.7 Å². The summed E-state index contributed by atoms with van der Waals surface area (Å²) in [5.41, 5.74) is -1.88. The number of carbonyl (C=O) groups is 1. The van der Waals surface area contributed by atoms with Crippen LogP contribution >= 0.6 is 0 Å². The van der Waals surface area contributed by atoms with Gasteiger partial charge >= 0.3 is 6.18 Å². The summed E-state index contributed by atoms with van der Waals surface area (Å²) in [7, 11) is 1.80. The lowest BCUT2D eigenvalue weighted by atomic mass is 10.1. The van der Waals surface area contributed by atoms with Gasteiger partial charge in [-0.1, -0.05) is 12.1 Å². The van der Waals surface area contributed by atoms with E-state index in [4.69, 9.17) is 0 Å². The van der Waals surface area contributed by atoms with E-state index in [2.05, 4.69) is 10.4 Å². The van der Waals surface area contributed by atoms with Crippen molar-refractivity contribution < 1.29 is 18.0 Å². The number of alkyl halides is 3. The zero-order valence-electron chi connectivity index (χ0n) is 15.6. The van der Waals surface area contributed by atoms with Crippen LogP contribution in [0.2, 0.25) is 0 Å². The monoisotopic (exact) mass is 394 g/mol. The fourth-order valence-electron chi connectivity index (χ4n) is 3.38. The number of likely N-dealkylation sites (N-methyl/N-ethyl adjacent to an activating group) is 1. The molecule has 3 rings (SSSR count). The summed E-state index contributed by atoms with van der Waals surface area (Å²) in [5, 5.41) is 7.14. The molecule has 1 aliphatic heterocycles. The molecule has 28 heavy (non-hydrogen) atoms. The highest BCUT2D eigenvalue weighted by molar-refractivity contribution is 5.92. The van der Waals surface area contributed by atoms with Crippen LogP contribution < -0.4 is 10.7 Å². The van der Waals surface area contributed by atoms with E-state index in [1.54, 1.807) is 7.05 Å². The predicted octanol–water partition coefficient (Wildman–Crippen LogP) is 2.38. The third kappa shape index (κ3) is 3.94. The van der Waals surface area contributed by atoms with Crippen LogP contribution in [0.5, 0.6) is 0 Å². The van der Waals surface area contributed by atoms with Gasteiger partial charge in [0.1, 0.15) is 0 Å². The van der Waals surface area contributed by atoms with Crippen LogP contribution in [0.1, 0.15) is 34.6 Å². The summed E-state index contributed by atoms with van der Waals surface area (Å²) in [5.74, 6) is -0.566. The van der Waals surface area contributed by atoms with Crippen LogP contribution in [0.4, 0.5) is 13.2 Å². The highest BCUT2D eigenvalue weighted by Gasteiger charge is 2.34. The van der Waals surface area contributed by atoms with E-state index in [1.807, 2.05) is 0 Å². The molecule has 1 aromatic carbocycles. The first-order chi connectivity index (χ1) is 13.2. The summed E-state index contributed by atoms with van der Waals surface area (Å²) in [4.78, 5) is 26.8. The number of nitrogens with one attached hydrogen (secondary N) is 1. The van der Waals surface area contributed by atoms with Gasteiger partial charge < -0.3 is 10.2 Å². The number of rotatable bonds is 3. The number of aromatic nitrogens is 2. The Morgan fingerprint density at radius 1 is 1.29 bits per heavy atom. The lowest BCUT2D eigenvalue weighted by Gasteiger charge is -2.32. The van der Waals surface area contributed by atoms with Gasteiger partial charge in [0, 0.05) is 30.9 Å². The van der Waals surface area contributed by atoms with Gasteiger partial charge in [0.2, 0.25) is 5.43 Å². The van der Waals surface area contributed by atoms with Gasteiger partial charge in [0.05, 0.1) is 11.3 Å². The Morgan fingerprint density at radius 3 is 2.68 bits per heavy atom. The van der Waals surface area contributed by atoms with Crippen LogP contribution in [-0.4, -0.2) is 46.8 Å². The van der Waals surface area contributed by atoms with E-state index in [-0.39, 0.29) is 23.1 Å². The lowest BCUT2D eigenvalue weighted by molar-refractivity contribution is -0.137. The molecule has 1 unspecified atom stereocenters. The molecular weight excluding hydrogens is 373 g/mol. The SMILES string of the molecule is CNC1CCCN(C(=O)c2nn(-c3ccccc3C(F)(F)F)c(C)cc2=O)C1. The molecule has 1 fully saturated rings. The van der Waals surface area contributed by atoms with E-state index < -0.39 is 23.1 Å². The summed E-state index contributed by atoms with van der Waals surface area (Å²) in [6.07, 6.45) is -2.91. The molecule has 0 bridgehead atoms. The number of likely N-dealkylation sites (tertiary alicyclic amines) is 1. The standard InChI is InChI=1S/C19H21F3N4O2/c1-12-10-16(27)17(18(28)25-9-5-6-13(11-25)23-2)24-26(12)15-8-4-3-7-14(15)19(20,21)22/h3-4,7-8,10,13,23H,5-6,9,11H2,1-2H3. The first-order valence-corrected chi connectivity index (χ1v) is 8.96. The summed E-state index contributed by atoms with van der Waals surface area (Å²) >= 11 is 0. The van der Waals surface area contributed by atoms with Crippen molar-refractivity contribution in [1.82, 2.24) is 20.0 Å². The zero-order valence-corrected chi connectivity index (χ0v) is 15.6. The molecule has 0 saturated carbocycles. The number of carbonyl (C=O) groups excluding carboxylic acids is 1. The van der Waals surface area contributed by atoms with Gasteiger partial charge in [-0.15, -0.1) is 0 Å². The fourth-order valence-corrected chi connectivity index (χ4v) is 3.38. The molecule has 1 atom stereocenters. The minimum Gasteiger partial charge on any atom is -0.336 e. The zero-order chi connectivity index (χ0) is 20.5. The number of benzene rings is 1. The predicted molar refractivity (Wildman–Crippen MR) is 97.6 cm³/mol. The fraction of sp³-hybridized carbons (Fsp3) is 0.421. The van der Waals surface area contributed by atoms with Gasteiger partial charge in [-0.05, 0) is 38.9 Å². The Labute approximate surface area is 160 Å². The average molecular weight is 394 g/mol. The van der Waals surface area contributed by atoms with Crippen molar-refractivity contribution in [3.63, 3.8) is 0 Å². The van der Waals surface area contributed by atoms with Gasteiger partial charge in [0.15, 0.2) is 5.69 Å². The van der Waals surface area contributed by atoms with Crippen molar-refractivity contribution in [2.45, 2.75) is 32.0 Å². The molecular formula is C19H21F3N4O2. The maximum absolute atomic E-state index is 13.4. The second-order valence-electron chi connectivity index (χ2n) is 6.80. The molecule has 0 aliphatic carbocycles. The number of para-hydroxylation sites is 1. The molecule has 1 N–H and O–H groups in total. The molecule has 1 aromatic heterocycles. The van der Waals surface area contributed by atoms with E-state index >= 15 is 0 Å². The number of halogens is 3. The maximum Gasteiger partial charge on any atom is 0.418 e. The average Bonchev–Trinajstić information content (AvgIpc) is 2.67. The molecule has 6 nitrogen and oxygen atoms in total. The Bertz CT molecular complexity index is 940. The van der Waals surface area contributed by atoms with Crippen LogP contribution in [-0.2, 0) is 6.18 Å². The molecule has 2 heterocycles. The number of hydrogen-bond donors (Lipinski definition) is 1. The third-order valence-corrected chi connectivity index (χ3v) is 4.86. The first-order valence-electron chi connectivity index (χ1n) is 8.96. The lowest BCUT2D eigenvalue weighted by Crippen LogP contribution is -2.48. The number of amides is 1. The van der Waals surface area contributed by atoms with Crippen molar-refractivity contribution >= 4 is 5.91 Å². The molecule has 9 heteroatoms. The van der Waals surface area contributed by atoms with E-state index in [0.29, 0.717) is 13.1 Å². The van der Waals surface area contributed by atoms with Gasteiger partial charge in [-0.3, -0.25) is 9.59 Å². The van der Waals surface area contributed by atoms with Crippen molar-refractivity contribution in [2.75, 3.05) is 20.1 Å². The van der Waals surface area contributed by atoms with E-state index in [1.165, 1.54) is 30.0 Å². The number of hydrogen-bond acceptors (Lipinski definition) is 4. The molecule has 1 saturated heterocycles. The normalized spacial score (nSPS) is 17.6. The van der Waals surface area contributed by atoms with Crippen molar-refractivity contribution in [3.8, 4) is 5.69 Å². The van der Waals surface area contributed by atoms with Gasteiger partial charge in [-0.2, -0.15) is 18.3 Å². The number of nitrogens with zero attached hydrogens (tertiary/aromatic N) is 3. The van der Waals surface area contributed by atoms with Gasteiger partial charge in [0.25, 0.3) is 5.91 Å². The molecule has 2 aromatic rings. The number of aryl methyl sites for hydroxylation is 1. The molecule has 1 aliphatic rings. The Kier molecular flexibility index (Phi) is 5.55. The first kappa shape index (κ1) is 20.1. The Hall–Kier alpha value is -2.68. The van der Waals surface area contributed by atoms with Crippen LogP contribution in [0.25, 0.3) is 5.69 Å². The van der Waals surface area contributed by atoms with Crippen LogP contribution in [0.15, 0.2) is 35.1 Å². The third-order valence-electron chi connectivity index (χ3n) is 4.86. The van der Waals surface area contributed by atoms with E-state index in [9.17, 15) is 22.8 Å². The topological polar surface area (TPSA) is 67.2 Å². The van der Waals surface area contributed by atoms with Crippen LogP contribution in [0, 0.1) is 6.92 Å². The quantitative estimate of drug-likeness (QED) is 0.868. The second kappa shape index (κ2) is 7.75. The summed E-state index contributed by atoms with van der Waals surface area (Å²) < 4.78 is 41.2. The highest BCUT2D eigenvalue weighted by atomic mass is 19.4. The minimum atomic E-state index is -4.59. The summed E-state index contributed by atoms with van der Waals surface area (Å²) in [6.45, 7) is 2.38. The second-order valence-corrected chi connectivity index (χ2v) is 6.80. The number of piperidine rings is 1. The van der Waals surface area contributed by atoms with Gasteiger partial charge in [-0.25, -0.2) is 4.68 Å². The highest BCUT2D eigenvalue weighted by Crippen LogP contribution is 2.33. The molecule has 1 amide bonds. The Morgan fingerprint density at radius 2 is 2.00 bits per heavy atom.